The van der Waals surface area contributed by atoms with Gasteiger partial charge in [-0.25, -0.2) is 4.39 Å². The van der Waals surface area contributed by atoms with Crippen LogP contribution in [0.2, 0.25) is 5.02 Å². The molecule has 0 saturated heterocycles. The number of nitrogens with zero attached hydrogens (tertiary/aromatic N) is 1. The lowest BCUT2D eigenvalue weighted by atomic mass is 10.2. The fourth-order valence-electron chi connectivity index (χ4n) is 0.668. The van der Waals surface area contributed by atoms with Gasteiger partial charge in [-0.2, -0.15) is 0 Å². The monoisotopic (exact) mass is 173 g/mol. The van der Waals surface area contributed by atoms with Crippen LogP contribution >= 0.6 is 11.6 Å². The van der Waals surface area contributed by atoms with Gasteiger partial charge in [-0.15, -0.1) is 0 Å². The summed E-state index contributed by atoms with van der Waals surface area (Å²) in [6.07, 6.45) is 1.14. The van der Waals surface area contributed by atoms with Gasteiger partial charge in [0.1, 0.15) is 5.82 Å². The van der Waals surface area contributed by atoms with Gasteiger partial charge in [-0.3, -0.25) is 0 Å². The number of hydrogen-bond donors (Lipinski definition) is 1. The highest BCUT2D eigenvalue weighted by molar-refractivity contribution is 6.33. The van der Waals surface area contributed by atoms with Gasteiger partial charge in [0.05, 0.1) is 11.2 Å². The quantitative estimate of drug-likeness (QED) is 0.395. The average Bonchev–Trinajstić information content (AvgIpc) is 1.95. The van der Waals surface area contributed by atoms with E-state index >= 15 is 0 Å². The standard InChI is InChI=1S/C7H5ClFNO/c8-7-3-6(9)2-1-5(7)4-10-11/h1-4,11H/b10-4+. The molecule has 0 aliphatic heterocycles. The summed E-state index contributed by atoms with van der Waals surface area (Å²) in [5.74, 6) is -0.412. The molecule has 0 aliphatic rings. The van der Waals surface area contributed by atoms with Gasteiger partial charge < -0.3 is 5.21 Å². The van der Waals surface area contributed by atoms with Crippen molar-refractivity contribution >= 4 is 17.8 Å². The molecule has 2 nitrogen and oxygen atoms in total. The highest BCUT2D eigenvalue weighted by Crippen LogP contribution is 2.14. The Morgan fingerprint density at radius 1 is 1.55 bits per heavy atom. The van der Waals surface area contributed by atoms with E-state index in [4.69, 9.17) is 16.8 Å². The van der Waals surface area contributed by atoms with Gasteiger partial charge >= 0.3 is 0 Å². The molecule has 4 heteroatoms. The summed E-state index contributed by atoms with van der Waals surface area (Å²) in [7, 11) is 0. The summed E-state index contributed by atoms with van der Waals surface area (Å²) in [5.41, 5.74) is 0.482. The van der Waals surface area contributed by atoms with Crippen LogP contribution in [0.4, 0.5) is 4.39 Å². The van der Waals surface area contributed by atoms with E-state index in [1.54, 1.807) is 0 Å². The highest BCUT2D eigenvalue weighted by Gasteiger charge is 1.97. The molecule has 0 radical (unpaired) electrons. The molecular formula is C7H5ClFNO. The van der Waals surface area contributed by atoms with Crippen LogP contribution in [0.25, 0.3) is 0 Å². The molecule has 0 atom stereocenters. The Hall–Kier alpha value is -1.09. The summed E-state index contributed by atoms with van der Waals surface area (Å²) in [4.78, 5) is 0. The topological polar surface area (TPSA) is 32.6 Å². The second kappa shape index (κ2) is 3.34. The minimum absolute atomic E-state index is 0.225. The molecule has 0 amide bonds. The maximum absolute atomic E-state index is 12.4. The second-order valence-corrected chi connectivity index (χ2v) is 2.32. The van der Waals surface area contributed by atoms with Crippen molar-refractivity contribution in [1.29, 1.82) is 0 Å². The zero-order valence-electron chi connectivity index (χ0n) is 5.46. The Morgan fingerprint density at radius 2 is 2.27 bits per heavy atom. The van der Waals surface area contributed by atoms with Gasteiger partial charge in [0.25, 0.3) is 0 Å². The first-order valence-corrected chi connectivity index (χ1v) is 3.24. The predicted octanol–water partition coefficient (Wildman–Crippen LogP) is 2.29. The molecule has 0 bridgehead atoms. The lowest BCUT2D eigenvalue weighted by molar-refractivity contribution is 0.322. The first-order valence-electron chi connectivity index (χ1n) is 2.86. The van der Waals surface area contributed by atoms with E-state index in [2.05, 4.69) is 5.16 Å². The van der Waals surface area contributed by atoms with Gasteiger partial charge in [0.2, 0.25) is 0 Å². The third-order valence-corrected chi connectivity index (χ3v) is 1.49. The van der Waals surface area contributed by atoms with Crippen molar-refractivity contribution in [2.24, 2.45) is 5.16 Å². The fraction of sp³-hybridized carbons (Fsp3) is 0. The number of oxime groups is 1. The van der Waals surface area contributed by atoms with Crippen molar-refractivity contribution in [1.82, 2.24) is 0 Å². The zero-order valence-corrected chi connectivity index (χ0v) is 6.22. The average molecular weight is 174 g/mol. The van der Waals surface area contributed by atoms with Crippen molar-refractivity contribution in [2.75, 3.05) is 0 Å². The minimum atomic E-state index is -0.412. The van der Waals surface area contributed by atoms with E-state index < -0.39 is 5.82 Å². The van der Waals surface area contributed by atoms with Gasteiger partial charge in [-0.1, -0.05) is 16.8 Å². The number of hydrogen-bond acceptors (Lipinski definition) is 2. The zero-order chi connectivity index (χ0) is 8.27. The Balaban J connectivity index is 3.09. The Labute approximate surface area is 67.9 Å². The van der Waals surface area contributed by atoms with E-state index in [0.29, 0.717) is 5.56 Å². The van der Waals surface area contributed by atoms with Crippen molar-refractivity contribution in [2.45, 2.75) is 0 Å². The van der Waals surface area contributed by atoms with Crippen LogP contribution < -0.4 is 0 Å². The van der Waals surface area contributed by atoms with E-state index in [0.717, 1.165) is 12.3 Å². The van der Waals surface area contributed by atoms with E-state index in [1.165, 1.54) is 12.1 Å². The van der Waals surface area contributed by atoms with Crippen molar-refractivity contribution in [3.63, 3.8) is 0 Å². The molecule has 0 saturated carbocycles. The molecule has 1 N–H and O–H groups in total. The second-order valence-electron chi connectivity index (χ2n) is 1.91. The minimum Gasteiger partial charge on any atom is -0.411 e. The van der Waals surface area contributed by atoms with Gasteiger partial charge in [-0.05, 0) is 18.2 Å². The van der Waals surface area contributed by atoms with Crippen LogP contribution in [0.5, 0.6) is 0 Å². The third-order valence-electron chi connectivity index (χ3n) is 1.16. The first-order chi connectivity index (χ1) is 5.24. The molecule has 0 fully saturated rings. The number of benzene rings is 1. The summed E-state index contributed by atoms with van der Waals surface area (Å²) in [6, 6.07) is 3.82. The van der Waals surface area contributed by atoms with Crippen molar-refractivity contribution in [3.8, 4) is 0 Å². The summed E-state index contributed by atoms with van der Waals surface area (Å²) in [5, 5.41) is 11.1. The molecule has 1 rings (SSSR count). The van der Waals surface area contributed by atoms with Gasteiger partial charge in [0.15, 0.2) is 0 Å². The van der Waals surface area contributed by atoms with Crippen LogP contribution in [-0.4, -0.2) is 11.4 Å². The largest absolute Gasteiger partial charge is 0.411 e. The van der Waals surface area contributed by atoms with Crippen LogP contribution in [-0.2, 0) is 0 Å². The lowest BCUT2D eigenvalue weighted by Gasteiger charge is -1.94. The van der Waals surface area contributed by atoms with Crippen LogP contribution in [0.3, 0.4) is 0 Å². The van der Waals surface area contributed by atoms with Crippen molar-refractivity contribution < 1.29 is 9.60 Å². The third kappa shape index (κ3) is 1.91. The molecule has 0 aromatic heterocycles. The maximum Gasteiger partial charge on any atom is 0.124 e. The molecule has 58 valence electrons. The first kappa shape index (κ1) is 8.01. The Morgan fingerprint density at radius 3 is 2.82 bits per heavy atom. The highest BCUT2D eigenvalue weighted by atomic mass is 35.5. The molecule has 0 spiro atoms. The molecule has 0 aliphatic carbocycles. The summed E-state index contributed by atoms with van der Waals surface area (Å²) >= 11 is 5.57. The number of halogens is 2. The number of rotatable bonds is 1. The SMILES string of the molecule is O/N=C/c1ccc(F)cc1Cl. The normalized spacial score (nSPS) is 10.7. The molecule has 11 heavy (non-hydrogen) atoms. The summed E-state index contributed by atoms with van der Waals surface area (Å²) in [6.45, 7) is 0. The molecular weight excluding hydrogens is 169 g/mol. The molecule has 1 aromatic rings. The van der Waals surface area contributed by atoms with E-state index in [9.17, 15) is 4.39 Å². The lowest BCUT2D eigenvalue weighted by Crippen LogP contribution is -1.83. The Bertz CT molecular complexity index is 288. The smallest absolute Gasteiger partial charge is 0.124 e. The van der Waals surface area contributed by atoms with E-state index in [1.807, 2.05) is 0 Å². The van der Waals surface area contributed by atoms with Crippen LogP contribution in [0, 0.1) is 5.82 Å². The molecule has 1 aromatic carbocycles. The predicted molar refractivity (Wildman–Crippen MR) is 40.8 cm³/mol. The maximum atomic E-state index is 12.4. The van der Waals surface area contributed by atoms with Gasteiger partial charge in [0, 0.05) is 5.56 Å². The van der Waals surface area contributed by atoms with Crippen molar-refractivity contribution in [3.05, 3.63) is 34.6 Å². The van der Waals surface area contributed by atoms with Crippen LogP contribution in [0.1, 0.15) is 5.56 Å². The molecule has 0 heterocycles. The Kier molecular flexibility index (Phi) is 2.44. The summed E-state index contributed by atoms with van der Waals surface area (Å²) < 4.78 is 12.4. The van der Waals surface area contributed by atoms with Crippen LogP contribution in [0.15, 0.2) is 23.4 Å². The van der Waals surface area contributed by atoms with E-state index in [-0.39, 0.29) is 5.02 Å². The fourth-order valence-corrected chi connectivity index (χ4v) is 0.884. The molecule has 0 unspecified atom stereocenters.